The first-order chi connectivity index (χ1) is 15.0. The van der Waals surface area contributed by atoms with Crippen molar-refractivity contribution in [1.82, 2.24) is 4.90 Å². The minimum atomic E-state index is -0.171. The summed E-state index contributed by atoms with van der Waals surface area (Å²) in [7, 11) is 0. The molecule has 2 amide bonds. The topological polar surface area (TPSA) is 49.4 Å². The van der Waals surface area contributed by atoms with E-state index in [-0.39, 0.29) is 17.7 Å². The molecule has 4 nitrogen and oxygen atoms in total. The number of carbonyl (C=O) groups excluding carboxylic acids is 2. The highest BCUT2D eigenvalue weighted by atomic mass is 16.2. The molecule has 160 valence electrons. The highest BCUT2D eigenvalue weighted by molar-refractivity contribution is 5.94. The summed E-state index contributed by atoms with van der Waals surface area (Å²) in [6, 6.07) is 22.3. The summed E-state index contributed by atoms with van der Waals surface area (Å²) in [4.78, 5) is 27.7. The van der Waals surface area contributed by atoms with Crippen LogP contribution in [-0.2, 0) is 16.0 Å². The molecule has 1 unspecified atom stereocenters. The number of benzene rings is 3. The molecule has 1 saturated heterocycles. The molecule has 0 aromatic heterocycles. The van der Waals surface area contributed by atoms with Crippen molar-refractivity contribution in [3.05, 3.63) is 77.9 Å². The van der Waals surface area contributed by atoms with Crippen molar-refractivity contribution in [2.24, 2.45) is 5.92 Å². The first-order valence-electron chi connectivity index (χ1n) is 11.2. The van der Waals surface area contributed by atoms with Crippen molar-refractivity contribution in [3.8, 4) is 0 Å². The zero-order valence-corrected chi connectivity index (χ0v) is 18.3. The number of hydrogen-bond donors (Lipinski definition) is 1. The van der Waals surface area contributed by atoms with E-state index < -0.39 is 0 Å². The number of nitrogens with one attached hydrogen (secondary N) is 1. The molecule has 0 bridgehead atoms. The van der Waals surface area contributed by atoms with Gasteiger partial charge in [0.05, 0.1) is 12.3 Å². The summed E-state index contributed by atoms with van der Waals surface area (Å²) < 4.78 is 0. The third-order valence-electron chi connectivity index (χ3n) is 6.21. The maximum atomic E-state index is 13.0. The molecule has 31 heavy (non-hydrogen) atoms. The summed E-state index contributed by atoms with van der Waals surface area (Å²) in [5.74, 6) is 0.384. The maximum absolute atomic E-state index is 13.0. The first-order valence-corrected chi connectivity index (χ1v) is 11.2. The predicted octanol–water partition coefficient (Wildman–Crippen LogP) is 5.38. The lowest BCUT2D eigenvalue weighted by molar-refractivity contribution is -0.133. The van der Waals surface area contributed by atoms with Crippen molar-refractivity contribution in [2.45, 2.75) is 39.0 Å². The molecule has 4 rings (SSSR count). The van der Waals surface area contributed by atoms with Gasteiger partial charge >= 0.3 is 0 Å². The minimum Gasteiger partial charge on any atom is -0.342 e. The van der Waals surface area contributed by atoms with Crippen LogP contribution in [0, 0.1) is 5.92 Å². The van der Waals surface area contributed by atoms with E-state index in [0.29, 0.717) is 18.9 Å². The Morgan fingerprint density at radius 1 is 1.00 bits per heavy atom. The molecule has 0 saturated carbocycles. The number of hydrogen-bond acceptors (Lipinski definition) is 2. The summed E-state index contributed by atoms with van der Waals surface area (Å²) in [5.41, 5.74) is 3.11. The van der Waals surface area contributed by atoms with Crippen LogP contribution in [0.25, 0.3) is 10.8 Å². The predicted molar refractivity (Wildman–Crippen MR) is 126 cm³/mol. The molecule has 1 fully saturated rings. The quantitative estimate of drug-likeness (QED) is 0.609. The highest BCUT2D eigenvalue weighted by Crippen LogP contribution is 2.23. The van der Waals surface area contributed by atoms with Crippen LogP contribution >= 0.6 is 0 Å². The van der Waals surface area contributed by atoms with Gasteiger partial charge in [-0.15, -0.1) is 0 Å². The molecule has 1 heterocycles. The molecule has 3 aromatic rings. The maximum Gasteiger partial charge on any atom is 0.229 e. The summed E-state index contributed by atoms with van der Waals surface area (Å²) in [6.45, 7) is 5.51. The fourth-order valence-corrected chi connectivity index (χ4v) is 4.33. The molecule has 1 aliphatic rings. The van der Waals surface area contributed by atoms with Gasteiger partial charge in [-0.3, -0.25) is 9.59 Å². The molecular formula is C27H30N2O2. The lowest BCUT2D eigenvalue weighted by Gasteiger charge is -2.32. The number of anilines is 1. The van der Waals surface area contributed by atoms with E-state index in [9.17, 15) is 9.59 Å². The number of likely N-dealkylation sites (tertiary alicyclic amines) is 1. The Morgan fingerprint density at radius 2 is 1.74 bits per heavy atom. The average molecular weight is 415 g/mol. The van der Waals surface area contributed by atoms with Gasteiger partial charge in [-0.05, 0) is 52.8 Å². The fraction of sp³-hybridized carbons (Fsp3) is 0.333. The number of carbonyl (C=O) groups is 2. The van der Waals surface area contributed by atoms with Crippen LogP contribution < -0.4 is 5.32 Å². The monoisotopic (exact) mass is 414 g/mol. The van der Waals surface area contributed by atoms with E-state index in [1.165, 1.54) is 5.56 Å². The van der Waals surface area contributed by atoms with E-state index in [4.69, 9.17) is 0 Å². The number of fused-ring (bicyclic) bond motifs is 1. The van der Waals surface area contributed by atoms with Crippen LogP contribution in [0.1, 0.15) is 43.7 Å². The standard InChI is InChI=1S/C27H30N2O2/c1-19(2)20-12-14-24(15-13-20)28-27(31)23-10-6-16-29(18-23)26(30)17-22-9-5-8-21-7-3-4-11-25(21)22/h3-5,7-9,11-15,19,23H,6,10,16-18H2,1-2H3,(H,28,31). The van der Waals surface area contributed by atoms with Gasteiger partial charge < -0.3 is 10.2 Å². The molecule has 0 spiro atoms. The zero-order valence-electron chi connectivity index (χ0n) is 18.3. The van der Waals surface area contributed by atoms with E-state index in [0.717, 1.165) is 41.4 Å². The van der Waals surface area contributed by atoms with Gasteiger partial charge in [0, 0.05) is 18.8 Å². The molecule has 3 aromatic carbocycles. The Labute approximate surface area is 184 Å². The number of amides is 2. The lowest BCUT2D eigenvalue weighted by Crippen LogP contribution is -2.44. The normalized spacial score (nSPS) is 16.5. The molecule has 1 N–H and O–H groups in total. The van der Waals surface area contributed by atoms with Gasteiger partial charge in [-0.2, -0.15) is 0 Å². The molecule has 0 aliphatic carbocycles. The summed E-state index contributed by atoms with van der Waals surface area (Å²) in [6.07, 6.45) is 2.03. The summed E-state index contributed by atoms with van der Waals surface area (Å²) >= 11 is 0. The molecule has 4 heteroatoms. The van der Waals surface area contributed by atoms with Crippen molar-refractivity contribution >= 4 is 28.3 Å². The fourth-order valence-electron chi connectivity index (χ4n) is 4.33. The van der Waals surface area contributed by atoms with Crippen LogP contribution in [0.2, 0.25) is 0 Å². The SMILES string of the molecule is CC(C)c1ccc(NC(=O)C2CCCN(C(=O)Cc3cccc4ccccc34)C2)cc1. The number of nitrogens with zero attached hydrogens (tertiary/aromatic N) is 1. The molecule has 1 aliphatic heterocycles. The van der Waals surface area contributed by atoms with E-state index in [1.807, 2.05) is 41.3 Å². The van der Waals surface area contributed by atoms with Gasteiger partial charge in [0.25, 0.3) is 0 Å². The smallest absolute Gasteiger partial charge is 0.229 e. The van der Waals surface area contributed by atoms with Crippen LogP contribution in [0.3, 0.4) is 0 Å². The highest BCUT2D eigenvalue weighted by Gasteiger charge is 2.28. The van der Waals surface area contributed by atoms with Gasteiger partial charge in [0.2, 0.25) is 11.8 Å². The Morgan fingerprint density at radius 3 is 2.52 bits per heavy atom. The van der Waals surface area contributed by atoms with Crippen molar-refractivity contribution in [3.63, 3.8) is 0 Å². The largest absolute Gasteiger partial charge is 0.342 e. The lowest BCUT2D eigenvalue weighted by atomic mass is 9.95. The zero-order chi connectivity index (χ0) is 21.8. The Kier molecular flexibility index (Phi) is 6.36. The Balaban J connectivity index is 1.39. The van der Waals surface area contributed by atoms with Crippen LogP contribution in [0.4, 0.5) is 5.69 Å². The summed E-state index contributed by atoms with van der Waals surface area (Å²) in [5, 5.41) is 5.30. The molecule has 0 radical (unpaired) electrons. The third kappa shape index (κ3) is 4.96. The van der Waals surface area contributed by atoms with Gasteiger partial charge in [0.1, 0.15) is 0 Å². The van der Waals surface area contributed by atoms with E-state index in [1.54, 1.807) is 0 Å². The van der Waals surface area contributed by atoms with Crippen LogP contribution in [0.5, 0.6) is 0 Å². The van der Waals surface area contributed by atoms with E-state index >= 15 is 0 Å². The Hall–Kier alpha value is -3.14. The van der Waals surface area contributed by atoms with Gasteiger partial charge in [-0.1, -0.05) is 68.4 Å². The Bertz CT molecular complexity index is 1070. The average Bonchev–Trinajstić information content (AvgIpc) is 2.79. The van der Waals surface area contributed by atoms with Crippen LogP contribution in [-0.4, -0.2) is 29.8 Å². The second-order valence-electron chi connectivity index (χ2n) is 8.76. The number of piperidine rings is 1. The van der Waals surface area contributed by atoms with Crippen molar-refractivity contribution < 1.29 is 9.59 Å². The molecule has 1 atom stereocenters. The van der Waals surface area contributed by atoms with Gasteiger partial charge in [-0.25, -0.2) is 0 Å². The molecular weight excluding hydrogens is 384 g/mol. The first kappa shape index (κ1) is 21.1. The van der Waals surface area contributed by atoms with Crippen molar-refractivity contribution in [1.29, 1.82) is 0 Å². The van der Waals surface area contributed by atoms with Crippen LogP contribution in [0.15, 0.2) is 66.7 Å². The van der Waals surface area contributed by atoms with E-state index in [2.05, 4.69) is 49.5 Å². The second-order valence-corrected chi connectivity index (χ2v) is 8.76. The minimum absolute atomic E-state index is 0.0000390. The van der Waals surface area contributed by atoms with Gasteiger partial charge in [0.15, 0.2) is 0 Å². The third-order valence-corrected chi connectivity index (χ3v) is 6.21. The number of rotatable bonds is 5. The second kappa shape index (κ2) is 9.34. The van der Waals surface area contributed by atoms with Crippen molar-refractivity contribution in [2.75, 3.05) is 18.4 Å².